The van der Waals surface area contributed by atoms with Crippen LogP contribution in [0.1, 0.15) is 27.3 Å². The quantitative estimate of drug-likeness (QED) is 0.830. The van der Waals surface area contributed by atoms with E-state index in [1.54, 1.807) is 24.3 Å². The predicted octanol–water partition coefficient (Wildman–Crippen LogP) is 3.17. The van der Waals surface area contributed by atoms with Crippen LogP contribution in [0.2, 0.25) is 0 Å². The molecule has 134 valence electrons. The van der Waals surface area contributed by atoms with Crippen LogP contribution < -0.4 is 5.32 Å². The first-order valence-corrected chi connectivity index (χ1v) is 8.43. The highest BCUT2D eigenvalue weighted by atomic mass is 79.9. The number of ether oxygens (including phenoxy) is 1. The van der Waals surface area contributed by atoms with Gasteiger partial charge in [-0.15, -0.1) is 0 Å². The van der Waals surface area contributed by atoms with Gasteiger partial charge in [-0.05, 0) is 24.3 Å². The molecule has 0 fully saturated rings. The van der Waals surface area contributed by atoms with E-state index >= 15 is 0 Å². The van der Waals surface area contributed by atoms with Gasteiger partial charge in [0.05, 0.1) is 19.8 Å². The second kappa shape index (κ2) is 7.17. The Morgan fingerprint density at radius 1 is 1.32 bits per heavy atom. The topological polar surface area (TPSA) is 56.2 Å². The number of benzene rings is 1. The summed E-state index contributed by atoms with van der Waals surface area (Å²) < 4.78 is 46.6. The Balaban J connectivity index is 1.68. The molecule has 0 atom stereocenters. The number of nitrogens with one attached hydrogen (secondary N) is 1. The molecule has 0 saturated heterocycles. The fourth-order valence-corrected chi connectivity index (χ4v) is 2.96. The van der Waals surface area contributed by atoms with Crippen LogP contribution in [-0.2, 0) is 30.5 Å². The summed E-state index contributed by atoms with van der Waals surface area (Å²) in [6.45, 7) is 0.624. The van der Waals surface area contributed by atoms with Crippen molar-refractivity contribution in [3.05, 3.63) is 51.3 Å². The Hall–Kier alpha value is -1.87. The molecular weight excluding hydrogens is 403 g/mol. The summed E-state index contributed by atoms with van der Waals surface area (Å²) in [5.74, 6) is -0.284. The van der Waals surface area contributed by atoms with Gasteiger partial charge in [0.25, 0.3) is 5.91 Å². The molecular formula is C16H15BrF3N3O2. The molecule has 1 aromatic heterocycles. The van der Waals surface area contributed by atoms with Gasteiger partial charge in [0.1, 0.15) is 0 Å². The first kappa shape index (κ1) is 17.9. The molecule has 0 saturated carbocycles. The summed E-state index contributed by atoms with van der Waals surface area (Å²) in [6, 6.07) is 6.81. The summed E-state index contributed by atoms with van der Waals surface area (Å²) in [5, 5.41) is 6.39. The largest absolute Gasteiger partial charge is 0.435 e. The van der Waals surface area contributed by atoms with Crippen molar-refractivity contribution < 1.29 is 22.7 Å². The minimum atomic E-state index is -4.52. The van der Waals surface area contributed by atoms with Gasteiger partial charge < -0.3 is 10.1 Å². The number of aromatic nitrogens is 2. The monoisotopic (exact) mass is 417 g/mol. The van der Waals surface area contributed by atoms with Gasteiger partial charge in [-0.25, -0.2) is 0 Å². The molecule has 1 amide bonds. The second-order valence-corrected chi connectivity index (χ2v) is 6.48. The van der Waals surface area contributed by atoms with Crippen LogP contribution in [0.5, 0.6) is 0 Å². The van der Waals surface area contributed by atoms with Crippen LogP contribution in [0.3, 0.4) is 0 Å². The van der Waals surface area contributed by atoms with E-state index in [-0.39, 0.29) is 31.2 Å². The van der Waals surface area contributed by atoms with E-state index in [0.717, 1.165) is 4.47 Å². The van der Waals surface area contributed by atoms with Gasteiger partial charge in [-0.3, -0.25) is 9.48 Å². The highest BCUT2D eigenvalue weighted by Gasteiger charge is 2.39. The lowest BCUT2D eigenvalue weighted by atomic mass is 10.1. The predicted molar refractivity (Wildman–Crippen MR) is 87.1 cm³/mol. The molecule has 0 bridgehead atoms. The number of nitrogens with zero attached hydrogens (tertiary/aromatic N) is 2. The fourth-order valence-electron chi connectivity index (χ4n) is 2.70. The molecule has 2 aromatic rings. The number of carbonyl (C=O) groups is 1. The molecule has 1 aromatic carbocycles. The van der Waals surface area contributed by atoms with Gasteiger partial charge in [-0.1, -0.05) is 15.9 Å². The van der Waals surface area contributed by atoms with Crippen molar-refractivity contribution in [1.29, 1.82) is 0 Å². The average molecular weight is 418 g/mol. The molecule has 2 heterocycles. The first-order valence-electron chi connectivity index (χ1n) is 7.63. The Morgan fingerprint density at radius 2 is 2.04 bits per heavy atom. The molecule has 0 spiro atoms. The van der Waals surface area contributed by atoms with E-state index in [9.17, 15) is 18.0 Å². The van der Waals surface area contributed by atoms with Crippen molar-refractivity contribution >= 4 is 21.8 Å². The maximum atomic E-state index is 13.1. The number of alkyl halides is 3. The molecule has 0 aliphatic carbocycles. The van der Waals surface area contributed by atoms with Crippen LogP contribution >= 0.6 is 15.9 Å². The molecule has 25 heavy (non-hydrogen) atoms. The van der Waals surface area contributed by atoms with Crippen LogP contribution in [-0.4, -0.2) is 28.8 Å². The van der Waals surface area contributed by atoms with Crippen molar-refractivity contribution in [3.8, 4) is 0 Å². The van der Waals surface area contributed by atoms with Crippen molar-refractivity contribution in [3.63, 3.8) is 0 Å². The van der Waals surface area contributed by atoms with Crippen LogP contribution in [0.25, 0.3) is 0 Å². The lowest BCUT2D eigenvalue weighted by Gasteiger charge is -2.15. The molecule has 0 radical (unpaired) electrons. The van der Waals surface area contributed by atoms with E-state index in [1.165, 1.54) is 4.68 Å². The fraction of sp³-hybridized carbons (Fsp3) is 0.375. The van der Waals surface area contributed by atoms with E-state index in [4.69, 9.17) is 4.74 Å². The average Bonchev–Trinajstić information content (AvgIpc) is 2.95. The van der Waals surface area contributed by atoms with Gasteiger partial charge in [0.2, 0.25) is 0 Å². The number of carbonyl (C=O) groups excluding carboxylic acids is 1. The van der Waals surface area contributed by atoms with E-state index < -0.39 is 11.9 Å². The Morgan fingerprint density at radius 3 is 2.72 bits per heavy atom. The summed E-state index contributed by atoms with van der Waals surface area (Å²) in [7, 11) is 0. The molecule has 3 rings (SSSR count). The van der Waals surface area contributed by atoms with Crippen LogP contribution in [0.15, 0.2) is 28.7 Å². The van der Waals surface area contributed by atoms with Crippen LogP contribution in [0.4, 0.5) is 13.2 Å². The van der Waals surface area contributed by atoms with Crippen molar-refractivity contribution in [2.75, 3.05) is 13.2 Å². The van der Waals surface area contributed by atoms with Gasteiger partial charge in [-0.2, -0.15) is 18.3 Å². The SMILES string of the molecule is O=C(NCCn1nc(C(F)(F)F)c2c1CCOC2)c1ccc(Br)cc1. The lowest BCUT2D eigenvalue weighted by molar-refractivity contribution is -0.142. The standard InChI is InChI=1S/C16H15BrF3N3O2/c17-11-3-1-10(2-4-11)15(24)21-6-7-23-13-5-8-25-9-12(13)14(22-23)16(18,19)20/h1-4H,5-9H2,(H,21,24). The van der Waals surface area contributed by atoms with Gasteiger partial charge >= 0.3 is 6.18 Å². The highest BCUT2D eigenvalue weighted by Crippen LogP contribution is 2.34. The third kappa shape index (κ3) is 4.04. The van der Waals surface area contributed by atoms with E-state index in [1.807, 2.05) is 0 Å². The van der Waals surface area contributed by atoms with E-state index in [0.29, 0.717) is 24.3 Å². The Bertz CT molecular complexity index is 772. The third-order valence-corrected chi connectivity index (χ3v) is 4.41. The number of hydrogen-bond donors (Lipinski definition) is 1. The smallest absolute Gasteiger partial charge is 0.376 e. The molecule has 1 aliphatic heterocycles. The number of hydrogen-bond acceptors (Lipinski definition) is 3. The second-order valence-electron chi connectivity index (χ2n) is 5.56. The third-order valence-electron chi connectivity index (χ3n) is 3.88. The van der Waals surface area contributed by atoms with Crippen LogP contribution in [0, 0.1) is 0 Å². The summed E-state index contributed by atoms with van der Waals surface area (Å²) >= 11 is 3.29. The summed E-state index contributed by atoms with van der Waals surface area (Å²) in [5.41, 5.74) is 0.200. The number of fused-ring (bicyclic) bond motifs is 1. The Labute approximate surface area is 150 Å². The molecule has 1 N–H and O–H groups in total. The maximum absolute atomic E-state index is 13.1. The molecule has 1 aliphatic rings. The lowest BCUT2D eigenvalue weighted by Crippen LogP contribution is -2.28. The Kier molecular flexibility index (Phi) is 5.14. The minimum Gasteiger partial charge on any atom is -0.376 e. The minimum absolute atomic E-state index is 0.0879. The van der Waals surface area contributed by atoms with Crippen molar-refractivity contribution in [2.24, 2.45) is 0 Å². The zero-order valence-corrected chi connectivity index (χ0v) is 14.7. The molecule has 9 heteroatoms. The normalized spacial score (nSPS) is 14.2. The molecule has 0 unspecified atom stereocenters. The first-order chi connectivity index (χ1) is 11.9. The van der Waals surface area contributed by atoms with Crippen molar-refractivity contribution in [1.82, 2.24) is 15.1 Å². The number of amides is 1. The zero-order chi connectivity index (χ0) is 18.0. The highest BCUT2D eigenvalue weighted by molar-refractivity contribution is 9.10. The number of halogens is 4. The maximum Gasteiger partial charge on any atom is 0.435 e. The van der Waals surface area contributed by atoms with E-state index in [2.05, 4.69) is 26.3 Å². The summed E-state index contributed by atoms with van der Waals surface area (Å²) in [4.78, 5) is 12.0. The molecule has 5 nitrogen and oxygen atoms in total. The van der Waals surface area contributed by atoms with Gasteiger partial charge in [0.15, 0.2) is 5.69 Å². The number of rotatable bonds is 4. The van der Waals surface area contributed by atoms with Crippen molar-refractivity contribution in [2.45, 2.75) is 25.7 Å². The summed E-state index contributed by atoms with van der Waals surface area (Å²) in [6.07, 6.45) is -4.14. The van der Waals surface area contributed by atoms with Gasteiger partial charge in [0, 0.05) is 34.3 Å². The zero-order valence-electron chi connectivity index (χ0n) is 13.1.